The number of nitrogens with zero attached hydrogens (tertiary/aromatic N) is 3. The lowest BCUT2D eigenvalue weighted by Gasteiger charge is -2.25. The van der Waals surface area contributed by atoms with Gasteiger partial charge in [0, 0.05) is 37.9 Å². The highest BCUT2D eigenvalue weighted by atomic mass is 16.3. The van der Waals surface area contributed by atoms with Crippen molar-refractivity contribution in [3.63, 3.8) is 0 Å². The van der Waals surface area contributed by atoms with Crippen molar-refractivity contribution in [2.24, 2.45) is 0 Å². The molecule has 106 valence electrons. The topological polar surface area (TPSA) is 66.3 Å². The average Bonchev–Trinajstić information content (AvgIpc) is 2.42. The Morgan fingerprint density at radius 3 is 2.58 bits per heavy atom. The minimum absolute atomic E-state index is 0.0218. The minimum atomic E-state index is 0.0218. The van der Waals surface area contributed by atoms with Crippen molar-refractivity contribution in [1.29, 1.82) is 0 Å². The summed E-state index contributed by atoms with van der Waals surface area (Å²) in [7, 11) is 0. The van der Waals surface area contributed by atoms with Gasteiger partial charge in [-0.25, -0.2) is 4.98 Å². The molecule has 19 heavy (non-hydrogen) atoms. The number of aliphatic hydroxyl groups is 1. The van der Waals surface area contributed by atoms with Crippen LogP contribution in [-0.2, 0) is 6.42 Å². The van der Waals surface area contributed by atoms with Crippen LogP contribution in [0.1, 0.15) is 43.4 Å². The van der Waals surface area contributed by atoms with Crippen LogP contribution in [0.15, 0.2) is 12.4 Å². The highest BCUT2D eigenvalue weighted by Crippen LogP contribution is 2.08. The molecule has 5 nitrogen and oxygen atoms in total. The second-order valence-corrected chi connectivity index (χ2v) is 4.73. The lowest BCUT2D eigenvalue weighted by Crippen LogP contribution is -2.35. The Morgan fingerprint density at radius 1 is 1.32 bits per heavy atom. The summed E-state index contributed by atoms with van der Waals surface area (Å²) in [5.74, 6) is 0.0218. The van der Waals surface area contributed by atoms with Crippen molar-refractivity contribution in [3.8, 4) is 0 Å². The zero-order valence-corrected chi connectivity index (χ0v) is 12.0. The number of aromatic nitrogens is 2. The third kappa shape index (κ3) is 4.69. The Kier molecular flexibility index (Phi) is 6.59. The largest absolute Gasteiger partial charge is 0.395 e. The maximum absolute atomic E-state index is 12.2. The SMILES string of the molecule is CCc1nccnc1C(=O)CCN(CCO)C(C)C. The van der Waals surface area contributed by atoms with Crippen LogP contribution in [0.25, 0.3) is 0 Å². The second kappa shape index (κ2) is 7.96. The summed E-state index contributed by atoms with van der Waals surface area (Å²) >= 11 is 0. The number of aryl methyl sites for hydroxylation is 1. The van der Waals surface area contributed by atoms with E-state index in [0.717, 1.165) is 5.69 Å². The highest BCUT2D eigenvalue weighted by Gasteiger charge is 2.15. The van der Waals surface area contributed by atoms with E-state index in [1.54, 1.807) is 12.4 Å². The molecule has 0 radical (unpaired) electrons. The third-order valence-electron chi connectivity index (χ3n) is 3.12. The highest BCUT2D eigenvalue weighted by molar-refractivity contribution is 5.95. The number of carbonyl (C=O) groups is 1. The molecule has 1 aromatic heterocycles. The number of aliphatic hydroxyl groups excluding tert-OH is 1. The fraction of sp³-hybridized carbons (Fsp3) is 0.643. The number of hydrogen-bond acceptors (Lipinski definition) is 5. The Morgan fingerprint density at radius 2 is 2.00 bits per heavy atom. The van der Waals surface area contributed by atoms with Gasteiger partial charge in [-0.15, -0.1) is 0 Å². The number of carbonyl (C=O) groups excluding carboxylic acids is 1. The molecule has 0 saturated heterocycles. The second-order valence-electron chi connectivity index (χ2n) is 4.73. The van der Waals surface area contributed by atoms with Crippen molar-refractivity contribution >= 4 is 5.78 Å². The van der Waals surface area contributed by atoms with Gasteiger partial charge in [-0.2, -0.15) is 0 Å². The lowest BCUT2D eigenvalue weighted by molar-refractivity contribution is 0.0937. The molecular weight excluding hydrogens is 242 g/mol. The van der Waals surface area contributed by atoms with Crippen LogP contribution in [0.2, 0.25) is 0 Å². The van der Waals surface area contributed by atoms with E-state index in [4.69, 9.17) is 5.11 Å². The molecule has 0 aromatic carbocycles. The molecule has 0 fully saturated rings. The number of hydrogen-bond donors (Lipinski definition) is 1. The summed E-state index contributed by atoms with van der Waals surface area (Å²) < 4.78 is 0. The number of ketones is 1. The zero-order valence-electron chi connectivity index (χ0n) is 12.0. The van der Waals surface area contributed by atoms with E-state index in [-0.39, 0.29) is 12.4 Å². The number of Topliss-reactive ketones (excluding diaryl/α,β-unsaturated/α-hetero) is 1. The fourth-order valence-corrected chi connectivity index (χ4v) is 1.98. The molecule has 0 aliphatic carbocycles. The standard InChI is InChI=1S/C14H23N3O2/c1-4-12-14(16-7-6-15-12)13(19)5-8-17(9-10-18)11(2)3/h6-7,11,18H,4-5,8-10H2,1-3H3. The molecule has 0 atom stereocenters. The lowest BCUT2D eigenvalue weighted by atomic mass is 10.1. The summed E-state index contributed by atoms with van der Waals surface area (Å²) in [6, 6.07) is 0.312. The van der Waals surface area contributed by atoms with Gasteiger partial charge in [0.05, 0.1) is 12.3 Å². The van der Waals surface area contributed by atoms with Gasteiger partial charge in [0.15, 0.2) is 5.78 Å². The van der Waals surface area contributed by atoms with E-state index in [2.05, 4.69) is 28.7 Å². The fourth-order valence-electron chi connectivity index (χ4n) is 1.98. The normalized spacial score (nSPS) is 11.3. The number of rotatable bonds is 8. The van der Waals surface area contributed by atoms with E-state index in [0.29, 0.717) is 37.7 Å². The molecule has 0 amide bonds. The molecule has 5 heteroatoms. The summed E-state index contributed by atoms with van der Waals surface area (Å²) in [5.41, 5.74) is 1.24. The quantitative estimate of drug-likeness (QED) is 0.718. The van der Waals surface area contributed by atoms with E-state index in [9.17, 15) is 4.79 Å². The van der Waals surface area contributed by atoms with Crippen molar-refractivity contribution < 1.29 is 9.90 Å². The van der Waals surface area contributed by atoms with Gasteiger partial charge >= 0.3 is 0 Å². The van der Waals surface area contributed by atoms with Gasteiger partial charge in [0.2, 0.25) is 0 Å². The van der Waals surface area contributed by atoms with Crippen LogP contribution < -0.4 is 0 Å². The van der Waals surface area contributed by atoms with Gasteiger partial charge in [-0.3, -0.25) is 14.7 Å². The monoisotopic (exact) mass is 265 g/mol. The van der Waals surface area contributed by atoms with E-state index in [1.165, 1.54) is 0 Å². The van der Waals surface area contributed by atoms with Gasteiger partial charge in [-0.05, 0) is 20.3 Å². The van der Waals surface area contributed by atoms with Crippen LogP contribution in [0.4, 0.5) is 0 Å². The maximum atomic E-state index is 12.2. The van der Waals surface area contributed by atoms with Crippen LogP contribution in [0, 0.1) is 0 Å². The van der Waals surface area contributed by atoms with E-state index >= 15 is 0 Å². The Balaban J connectivity index is 2.64. The summed E-state index contributed by atoms with van der Waals surface area (Å²) in [4.78, 5) is 22.6. The van der Waals surface area contributed by atoms with Gasteiger partial charge in [0.25, 0.3) is 0 Å². The summed E-state index contributed by atoms with van der Waals surface area (Å²) in [5, 5.41) is 9.00. The molecule has 0 bridgehead atoms. The first-order valence-electron chi connectivity index (χ1n) is 6.78. The van der Waals surface area contributed by atoms with Gasteiger partial charge in [-0.1, -0.05) is 6.92 Å². The molecular formula is C14H23N3O2. The Hall–Kier alpha value is -1.33. The first-order chi connectivity index (χ1) is 9.10. The average molecular weight is 265 g/mol. The molecule has 0 aliphatic rings. The molecule has 0 aliphatic heterocycles. The molecule has 0 saturated carbocycles. The molecule has 0 unspecified atom stereocenters. The summed E-state index contributed by atoms with van der Waals surface area (Å²) in [6.45, 7) is 7.41. The first kappa shape index (κ1) is 15.7. The molecule has 1 aromatic rings. The molecule has 1 N–H and O–H groups in total. The van der Waals surface area contributed by atoms with Gasteiger partial charge in [0.1, 0.15) is 5.69 Å². The van der Waals surface area contributed by atoms with Gasteiger partial charge < -0.3 is 5.11 Å². The molecule has 1 heterocycles. The van der Waals surface area contributed by atoms with Crippen molar-refractivity contribution in [2.45, 2.75) is 39.7 Å². The van der Waals surface area contributed by atoms with Crippen molar-refractivity contribution in [3.05, 3.63) is 23.8 Å². The van der Waals surface area contributed by atoms with Crippen molar-refractivity contribution in [2.75, 3.05) is 19.7 Å². The van der Waals surface area contributed by atoms with Crippen LogP contribution in [0.5, 0.6) is 0 Å². The molecule has 0 spiro atoms. The summed E-state index contributed by atoms with van der Waals surface area (Å²) in [6.07, 6.45) is 4.28. The third-order valence-corrected chi connectivity index (χ3v) is 3.12. The van der Waals surface area contributed by atoms with Crippen LogP contribution in [0.3, 0.4) is 0 Å². The van der Waals surface area contributed by atoms with Crippen molar-refractivity contribution in [1.82, 2.24) is 14.9 Å². The van der Waals surface area contributed by atoms with Crippen LogP contribution >= 0.6 is 0 Å². The first-order valence-corrected chi connectivity index (χ1v) is 6.78. The Bertz CT molecular complexity index is 407. The Labute approximate surface area is 114 Å². The van der Waals surface area contributed by atoms with Crippen LogP contribution in [-0.4, -0.2) is 51.5 Å². The van der Waals surface area contributed by atoms with E-state index in [1.807, 2.05) is 6.92 Å². The minimum Gasteiger partial charge on any atom is -0.395 e. The maximum Gasteiger partial charge on any atom is 0.184 e. The smallest absolute Gasteiger partial charge is 0.184 e. The zero-order chi connectivity index (χ0) is 14.3. The van der Waals surface area contributed by atoms with E-state index < -0.39 is 0 Å². The predicted molar refractivity (Wildman–Crippen MR) is 74.2 cm³/mol. The predicted octanol–water partition coefficient (Wildman–Crippen LogP) is 1.31. The molecule has 1 rings (SSSR count).